The molecular formula is C4H4N2O2. The zero-order valence-electron chi connectivity index (χ0n) is 4.07. The third-order valence-electron chi connectivity index (χ3n) is 1.19. The van der Waals surface area contributed by atoms with Crippen molar-refractivity contribution in [2.75, 3.05) is 0 Å². The van der Waals surface area contributed by atoms with Gasteiger partial charge in [-0.25, -0.2) is 0 Å². The van der Waals surface area contributed by atoms with Crippen LogP contribution in [0.2, 0.25) is 0 Å². The molecule has 0 radical (unpaired) electrons. The van der Waals surface area contributed by atoms with Crippen LogP contribution in [0, 0.1) is 27.4 Å². The van der Waals surface area contributed by atoms with Crippen molar-refractivity contribution in [3.05, 3.63) is 10.1 Å². The second-order valence-electron chi connectivity index (χ2n) is 1.82. The first-order valence-electron chi connectivity index (χ1n) is 2.29. The third-order valence-corrected chi connectivity index (χ3v) is 1.19. The molecule has 0 aromatic heterocycles. The van der Waals surface area contributed by atoms with Crippen molar-refractivity contribution >= 4 is 0 Å². The molecule has 0 aromatic rings. The maximum absolute atomic E-state index is 9.79. The highest BCUT2D eigenvalue weighted by Gasteiger charge is 2.48. The molecule has 0 N–H and O–H groups in total. The van der Waals surface area contributed by atoms with Gasteiger partial charge in [-0.05, 0) is 0 Å². The molecule has 0 heterocycles. The predicted octanol–water partition coefficient (Wildman–Crippen LogP) is 0.175. The van der Waals surface area contributed by atoms with E-state index in [-0.39, 0.29) is 5.92 Å². The van der Waals surface area contributed by atoms with Gasteiger partial charge in [0.25, 0.3) is 0 Å². The van der Waals surface area contributed by atoms with Gasteiger partial charge in [0.2, 0.25) is 6.04 Å². The minimum atomic E-state index is -0.556. The summed E-state index contributed by atoms with van der Waals surface area (Å²) >= 11 is 0. The van der Waals surface area contributed by atoms with E-state index < -0.39 is 11.0 Å². The predicted molar refractivity (Wildman–Crippen MR) is 24.5 cm³/mol. The van der Waals surface area contributed by atoms with Crippen LogP contribution in [-0.4, -0.2) is 11.0 Å². The van der Waals surface area contributed by atoms with E-state index in [1.807, 2.05) is 6.07 Å². The van der Waals surface area contributed by atoms with E-state index in [0.717, 1.165) is 0 Å². The molecule has 1 aliphatic rings. The van der Waals surface area contributed by atoms with E-state index in [1.54, 1.807) is 0 Å². The van der Waals surface area contributed by atoms with Crippen LogP contribution < -0.4 is 0 Å². The monoisotopic (exact) mass is 112 g/mol. The van der Waals surface area contributed by atoms with Gasteiger partial charge in [-0.3, -0.25) is 10.1 Å². The van der Waals surface area contributed by atoms with Crippen LogP contribution in [-0.2, 0) is 0 Å². The summed E-state index contributed by atoms with van der Waals surface area (Å²) in [7, 11) is 0. The lowest BCUT2D eigenvalue weighted by atomic mass is 10.5. The van der Waals surface area contributed by atoms with E-state index >= 15 is 0 Å². The zero-order chi connectivity index (χ0) is 6.15. The van der Waals surface area contributed by atoms with Gasteiger partial charge in [0, 0.05) is 11.3 Å². The summed E-state index contributed by atoms with van der Waals surface area (Å²) in [6, 6.07) is 1.27. The molecule has 0 aromatic carbocycles. The smallest absolute Gasteiger partial charge is 0.230 e. The summed E-state index contributed by atoms with van der Waals surface area (Å²) < 4.78 is 0. The lowest BCUT2D eigenvalue weighted by Crippen LogP contribution is -2.01. The van der Waals surface area contributed by atoms with Crippen LogP contribution in [0.4, 0.5) is 0 Å². The number of hydrogen-bond acceptors (Lipinski definition) is 3. The fourth-order valence-electron chi connectivity index (χ4n) is 0.553. The molecule has 1 fully saturated rings. The topological polar surface area (TPSA) is 66.9 Å². The lowest BCUT2D eigenvalue weighted by Gasteiger charge is -1.79. The molecule has 0 bridgehead atoms. The molecule has 0 amide bonds. The fraction of sp³-hybridized carbons (Fsp3) is 0.750. The van der Waals surface area contributed by atoms with Gasteiger partial charge in [-0.15, -0.1) is 0 Å². The summed E-state index contributed by atoms with van der Waals surface area (Å²) in [4.78, 5) is 9.39. The molecule has 1 saturated carbocycles. The van der Waals surface area contributed by atoms with E-state index in [9.17, 15) is 10.1 Å². The van der Waals surface area contributed by atoms with E-state index in [1.165, 1.54) is 0 Å². The highest BCUT2D eigenvalue weighted by atomic mass is 16.6. The highest BCUT2D eigenvalue weighted by molar-refractivity contribution is 5.02. The van der Waals surface area contributed by atoms with Crippen LogP contribution in [0.25, 0.3) is 0 Å². The molecule has 2 unspecified atom stereocenters. The van der Waals surface area contributed by atoms with E-state index in [2.05, 4.69) is 0 Å². The van der Waals surface area contributed by atoms with Gasteiger partial charge in [0.05, 0.1) is 6.07 Å². The Morgan fingerprint density at radius 3 is 2.62 bits per heavy atom. The molecule has 0 aliphatic heterocycles. The summed E-state index contributed by atoms with van der Waals surface area (Å²) in [5.41, 5.74) is 0. The van der Waals surface area contributed by atoms with E-state index in [4.69, 9.17) is 5.26 Å². The fourth-order valence-corrected chi connectivity index (χ4v) is 0.553. The van der Waals surface area contributed by atoms with Crippen molar-refractivity contribution in [3.63, 3.8) is 0 Å². The third kappa shape index (κ3) is 0.624. The SMILES string of the molecule is N#CC1CC1[N+](=O)[O-]. The Morgan fingerprint density at radius 1 is 1.88 bits per heavy atom. The van der Waals surface area contributed by atoms with Crippen molar-refractivity contribution in [2.45, 2.75) is 12.5 Å². The average Bonchev–Trinajstić information content (AvgIpc) is 2.42. The Hall–Kier alpha value is -1.11. The maximum Gasteiger partial charge on any atom is 0.230 e. The van der Waals surface area contributed by atoms with Gasteiger partial charge in [-0.2, -0.15) is 5.26 Å². The summed E-state index contributed by atoms with van der Waals surface area (Å²) in [5, 5.41) is 17.9. The van der Waals surface area contributed by atoms with Crippen molar-refractivity contribution in [3.8, 4) is 6.07 Å². The minimum absolute atomic E-state index is 0.301. The van der Waals surface area contributed by atoms with Gasteiger partial charge < -0.3 is 0 Å². The van der Waals surface area contributed by atoms with Crippen LogP contribution in [0.5, 0.6) is 0 Å². The summed E-state index contributed by atoms with van der Waals surface area (Å²) in [6.45, 7) is 0. The second-order valence-corrected chi connectivity index (χ2v) is 1.82. The van der Waals surface area contributed by atoms with Gasteiger partial charge >= 0.3 is 0 Å². The molecule has 4 heteroatoms. The molecule has 0 saturated heterocycles. The van der Waals surface area contributed by atoms with Gasteiger partial charge in [0.1, 0.15) is 5.92 Å². The Morgan fingerprint density at radius 2 is 2.50 bits per heavy atom. The molecular weight excluding hydrogens is 108 g/mol. The first-order valence-corrected chi connectivity index (χ1v) is 2.29. The molecule has 0 spiro atoms. The highest BCUT2D eigenvalue weighted by Crippen LogP contribution is 2.31. The van der Waals surface area contributed by atoms with Crippen molar-refractivity contribution in [1.82, 2.24) is 0 Å². The zero-order valence-corrected chi connectivity index (χ0v) is 4.07. The van der Waals surface area contributed by atoms with Crippen LogP contribution >= 0.6 is 0 Å². The normalized spacial score (nSPS) is 33.4. The molecule has 1 rings (SSSR count). The number of rotatable bonds is 1. The Labute approximate surface area is 45.9 Å². The first kappa shape index (κ1) is 5.04. The van der Waals surface area contributed by atoms with Crippen LogP contribution in [0.1, 0.15) is 6.42 Å². The lowest BCUT2D eigenvalue weighted by molar-refractivity contribution is -0.497. The Bertz CT molecular complexity index is 160. The molecule has 8 heavy (non-hydrogen) atoms. The number of nitro groups is 1. The first-order chi connectivity index (χ1) is 3.75. The number of nitrogens with zero attached hydrogens (tertiary/aromatic N) is 2. The van der Waals surface area contributed by atoms with Crippen molar-refractivity contribution < 1.29 is 4.92 Å². The Balaban J connectivity index is 2.40. The standard InChI is InChI=1S/C4H4N2O2/c5-2-3-1-4(3)6(7)8/h3-4H,1H2. The average molecular weight is 112 g/mol. The number of hydrogen-bond donors (Lipinski definition) is 0. The van der Waals surface area contributed by atoms with Gasteiger partial charge in [0.15, 0.2) is 0 Å². The van der Waals surface area contributed by atoms with Crippen LogP contribution in [0.3, 0.4) is 0 Å². The van der Waals surface area contributed by atoms with Crippen molar-refractivity contribution in [2.24, 2.45) is 5.92 Å². The Kier molecular flexibility index (Phi) is 0.906. The molecule has 1 aliphatic carbocycles. The summed E-state index contributed by atoms with van der Waals surface area (Å²) in [6.07, 6.45) is 0.448. The molecule has 42 valence electrons. The largest absolute Gasteiger partial charge is 0.264 e. The summed E-state index contributed by atoms with van der Waals surface area (Å²) in [5.74, 6) is -0.301. The molecule has 4 nitrogen and oxygen atoms in total. The molecule has 2 atom stereocenters. The van der Waals surface area contributed by atoms with Crippen LogP contribution in [0.15, 0.2) is 0 Å². The van der Waals surface area contributed by atoms with Crippen molar-refractivity contribution in [1.29, 1.82) is 5.26 Å². The maximum atomic E-state index is 9.79. The quantitative estimate of drug-likeness (QED) is 0.359. The second kappa shape index (κ2) is 1.44. The minimum Gasteiger partial charge on any atom is -0.264 e. The van der Waals surface area contributed by atoms with E-state index in [0.29, 0.717) is 6.42 Å². The number of nitriles is 1. The van der Waals surface area contributed by atoms with Gasteiger partial charge in [-0.1, -0.05) is 0 Å².